The molecule has 2 aromatic rings. The van der Waals surface area contributed by atoms with E-state index in [9.17, 15) is 4.79 Å². The highest BCUT2D eigenvalue weighted by molar-refractivity contribution is 5.92. The van der Waals surface area contributed by atoms with Gasteiger partial charge in [0, 0.05) is 25.0 Å². The van der Waals surface area contributed by atoms with Gasteiger partial charge in [-0.05, 0) is 48.9 Å². The van der Waals surface area contributed by atoms with Crippen molar-refractivity contribution in [2.45, 2.75) is 6.92 Å². The molecule has 23 heavy (non-hydrogen) atoms. The summed E-state index contributed by atoms with van der Waals surface area (Å²) in [5.74, 6) is 0.476. The van der Waals surface area contributed by atoms with Gasteiger partial charge in [-0.2, -0.15) is 0 Å². The molecule has 0 heterocycles. The summed E-state index contributed by atoms with van der Waals surface area (Å²) in [7, 11) is 1.90. The number of nitrogens with one attached hydrogen (secondary N) is 1. The van der Waals surface area contributed by atoms with E-state index in [1.165, 1.54) is 0 Å². The smallest absolute Gasteiger partial charge is 0.262 e. The van der Waals surface area contributed by atoms with Gasteiger partial charge in [0.15, 0.2) is 6.61 Å². The van der Waals surface area contributed by atoms with Crippen molar-refractivity contribution in [1.82, 2.24) is 0 Å². The Morgan fingerprint density at radius 1 is 1.22 bits per heavy atom. The average molecular weight is 314 g/mol. The number of hydrogen-bond acceptors (Lipinski definition) is 4. The zero-order chi connectivity index (χ0) is 16.7. The van der Waals surface area contributed by atoms with Gasteiger partial charge in [-0.1, -0.05) is 12.1 Å². The number of hydrogen-bond donors (Lipinski definition) is 2. The Labute approximate surface area is 136 Å². The molecular formula is C18H22N2O3. The van der Waals surface area contributed by atoms with Crippen LogP contribution in [0.5, 0.6) is 5.75 Å². The highest BCUT2D eigenvalue weighted by Crippen LogP contribution is 2.17. The van der Waals surface area contributed by atoms with Gasteiger partial charge in [-0.3, -0.25) is 4.79 Å². The average Bonchev–Trinajstić information content (AvgIpc) is 2.54. The number of ether oxygens (including phenoxy) is 1. The minimum Gasteiger partial charge on any atom is -0.484 e. The maximum absolute atomic E-state index is 11.9. The Morgan fingerprint density at radius 2 is 1.96 bits per heavy atom. The first-order valence-corrected chi connectivity index (χ1v) is 7.50. The van der Waals surface area contributed by atoms with Crippen LogP contribution in [0.3, 0.4) is 0 Å². The summed E-state index contributed by atoms with van der Waals surface area (Å²) in [6.45, 7) is 2.61. The Kier molecular flexibility index (Phi) is 6.00. The van der Waals surface area contributed by atoms with Crippen molar-refractivity contribution in [2.75, 3.05) is 37.0 Å². The molecule has 0 saturated heterocycles. The first-order valence-electron chi connectivity index (χ1n) is 7.50. The maximum Gasteiger partial charge on any atom is 0.262 e. The quantitative estimate of drug-likeness (QED) is 0.824. The van der Waals surface area contributed by atoms with E-state index >= 15 is 0 Å². The topological polar surface area (TPSA) is 61.8 Å². The normalized spacial score (nSPS) is 10.2. The number of aliphatic hydroxyl groups is 1. The van der Waals surface area contributed by atoms with Crippen LogP contribution < -0.4 is 15.0 Å². The van der Waals surface area contributed by atoms with Gasteiger partial charge in [-0.15, -0.1) is 0 Å². The minimum atomic E-state index is -0.206. The fourth-order valence-electron chi connectivity index (χ4n) is 2.13. The number of amides is 1. The third-order valence-corrected chi connectivity index (χ3v) is 3.39. The number of nitrogens with zero attached hydrogens (tertiary/aromatic N) is 1. The third kappa shape index (κ3) is 5.30. The molecule has 0 saturated carbocycles. The Morgan fingerprint density at radius 3 is 2.61 bits per heavy atom. The first kappa shape index (κ1) is 16.8. The van der Waals surface area contributed by atoms with E-state index in [1.54, 1.807) is 0 Å². The highest BCUT2D eigenvalue weighted by Gasteiger charge is 2.05. The Bertz CT molecular complexity index is 641. The number of aryl methyl sites for hydroxylation is 1. The number of benzene rings is 2. The summed E-state index contributed by atoms with van der Waals surface area (Å²) in [6, 6.07) is 15.0. The molecule has 0 spiro atoms. The molecule has 0 atom stereocenters. The first-order chi connectivity index (χ1) is 11.1. The summed E-state index contributed by atoms with van der Waals surface area (Å²) in [5.41, 5.74) is 2.78. The standard InChI is InChI=1S/C18H22N2O3/c1-14-4-3-5-17(12-14)23-13-18(22)19-15-6-8-16(9-7-15)20(2)10-11-21/h3-9,12,21H,10-11,13H2,1-2H3,(H,19,22). The zero-order valence-corrected chi connectivity index (χ0v) is 13.5. The second kappa shape index (κ2) is 8.19. The Balaban J connectivity index is 1.85. The number of aliphatic hydroxyl groups excluding tert-OH is 1. The zero-order valence-electron chi connectivity index (χ0n) is 13.5. The highest BCUT2D eigenvalue weighted by atomic mass is 16.5. The Hall–Kier alpha value is -2.53. The second-order valence-electron chi connectivity index (χ2n) is 5.35. The van der Waals surface area contributed by atoms with Gasteiger partial charge in [-0.25, -0.2) is 0 Å². The van der Waals surface area contributed by atoms with Crippen LogP contribution in [-0.4, -0.2) is 37.8 Å². The SMILES string of the molecule is Cc1cccc(OCC(=O)Nc2ccc(N(C)CCO)cc2)c1. The van der Waals surface area contributed by atoms with Crippen LogP contribution in [0.4, 0.5) is 11.4 Å². The monoisotopic (exact) mass is 314 g/mol. The number of anilines is 2. The van der Waals surface area contributed by atoms with Crippen molar-refractivity contribution < 1.29 is 14.6 Å². The van der Waals surface area contributed by atoms with Crippen molar-refractivity contribution in [2.24, 2.45) is 0 Å². The lowest BCUT2D eigenvalue weighted by molar-refractivity contribution is -0.118. The summed E-state index contributed by atoms with van der Waals surface area (Å²) in [6.07, 6.45) is 0. The van der Waals surface area contributed by atoms with Gasteiger partial charge in [0.2, 0.25) is 0 Å². The van der Waals surface area contributed by atoms with Gasteiger partial charge in [0.1, 0.15) is 5.75 Å². The third-order valence-electron chi connectivity index (χ3n) is 3.39. The molecule has 1 amide bonds. The molecule has 5 nitrogen and oxygen atoms in total. The lowest BCUT2D eigenvalue weighted by Gasteiger charge is -2.18. The van der Waals surface area contributed by atoms with Crippen molar-refractivity contribution in [1.29, 1.82) is 0 Å². The molecule has 2 N–H and O–H groups in total. The lowest BCUT2D eigenvalue weighted by Crippen LogP contribution is -2.21. The molecule has 2 aromatic carbocycles. The number of carbonyl (C=O) groups excluding carboxylic acids is 1. The van der Waals surface area contributed by atoms with Gasteiger partial charge >= 0.3 is 0 Å². The molecule has 122 valence electrons. The minimum absolute atomic E-state index is 0.0321. The predicted molar refractivity (Wildman–Crippen MR) is 92.1 cm³/mol. The lowest BCUT2D eigenvalue weighted by atomic mass is 10.2. The van der Waals surface area contributed by atoms with Crippen molar-refractivity contribution in [3.8, 4) is 5.75 Å². The van der Waals surface area contributed by atoms with Gasteiger partial charge in [0.05, 0.1) is 6.61 Å². The second-order valence-corrected chi connectivity index (χ2v) is 5.35. The number of likely N-dealkylation sites (N-methyl/N-ethyl adjacent to an activating group) is 1. The van der Waals surface area contributed by atoms with Crippen molar-refractivity contribution in [3.05, 3.63) is 54.1 Å². The summed E-state index contributed by atoms with van der Waals surface area (Å²) in [4.78, 5) is 13.8. The van der Waals surface area contributed by atoms with E-state index < -0.39 is 0 Å². The van der Waals surface area contributed by atoms with E-state index in [0.29, 0.717) is 18.0 Å². The van der Waals surface area contributed by atoms with Gasteiger partial charge in [0.25, 0.3) is 5.91 Å². The van der Waals surface area contributed by atoms with Crippen LogP contribution in [-0.2, 0) is 4.79 Å². The van der Waals surface area contributed by atoms with Crippen LogP contribution in [0.25, 0.3) is 0 Å². The maximum atomic E-state index is 11.9. The van der Waals surface area contributed by atoms with Crippen molar-refractivity contribution in [3.63, 3.8) is 0 Å². The van der Waals surface area contributed by atoms with Gasteiger partial charge < -0.3 is 20.1 Å². The molecule has 0 aliphatic carbocycles. The molecule has 2 rings (SSSR count). The molecule has 0 radical (unpaired) electrons. The summed E-state index contributed by atoms with van der Waals surface area (Å²) < 4.78 is 5.47. The number of carbonyl (C=O) groups is 1. The van der Waals surface area contributed by atoms with Crippen LogP contribution in [0.1, 0.15) is 5.56 Å². The fraction of sp³-hybridized carbons (Fsp3) is 0.278. The van der Waals surface area contributed by atoms with Crippen LogP contribution in [0.15, 0.2) is 48.5 Å². The molecule has 0 bridgehead atoms. The molecule has 0 aromatic heterocycles. The van der Waals surface area contributed by atoms with Crippen LogP contribution >= 0.6 is 0 Å². The van der Waals surface area contributed by atoms with E-state index in [1.807, 2.05) is 67.4 Å². The summed E-state index contributed by atoms with van der Waals surface area (Å²) in [5, 5.41) is 11.7. The van der Waals surface area contributed by atoms with E-state index in [2.05, 4.69) is 5.32 Å². The molecule has 0 fully saturated rings. The van der Waals surface area contributed by atoms with E-state index in [4.69, 9.17) is 9.84 Å². The summed E-state index contributed by atoms with van der Waals surface area (Å²) >= 11 is 0. The van der Waals surface area contributed by atoms with E-state index in [0.717, 1.165) is 11.3 Å². The molecule has 0 unspecified atom stereocenters. The largest absolute Gasteiger partial charge is 0.484 e. The van der Waals surface area contributed by atoms with Crippen molar-refractivity contribution >= 4 is 17.3 Å². The molecule has 0 aliphatic heterocycles. The fourth-order valence-corrected chi connectivity index (χ4v) is 2.13. The van der Waals surface area contributed by atoms with E-state index in [-0.39, 0.29) is 19.1 Å². The molecule has 0 aliphatic rings. The van der Waals surface area contributed by atoms with Crippen LogP contribution in [0.2, 0.25) is 0 Å². The van der Waals surface area contributed by atoms with Crippen LogP contribution in [0, 0.1) is 6.92 Å². The molecule has 5 heteroatoms. The molecular weight excluding hydrogens is 292 g/mol. The predicted octanol–water partition coefficient (Wildman–Crippen LogP) is 2.44. The number of rotatable bonds is 7.